The van der Waals surface area contributed by atoms with Crippen molar-refractivity contribution in [2.24, 2.45) is 11.8 Å². The standard InChI is InChI=1S/C17H25FO3S/c1-2-22(19,20)12-11-14-5-3-4-6-15(14)13-21-17-9-7-16(18)8-10-17/h7,9,11-12,14-15H,2-6,8,10,13H2,1H3/b12-11-/t14?,15-/m1/s1. The first kappa shape index (κ1) is 17.3. The van der Waals surface area contributed by atoms with E-state index in [0.29, 0.717) is 25.4 Å². The lowest BCUT2D eigenvalue weighted by Gasteiger charge is -2.30. The summed E-state index contributed by atoms with van der Waals surface area (Å²) >= 11 is 0. The highest BCUT2D eigenvalue weighted by Gasteiger charge is 2.24. The normalized spacial score (nSPS) is 26.6. The SMILES string of the molecule is CCS(=O)(=O)/C=C\C1CCCC[C@@H]1COC1=CC=C(F)CC1. The summed E-state index contributed by atoms with van der Waals surface area (Å²) < 4.78 is 42.0. The first-order valence-electron chi connectivity index (χ1n) is 8.09. The summed E-state index contributed by atoms with van der Waals surface area (Å²) in [6.07, 6.45) is 10.4. The van der Waals surface area contributed by atoms with Crippen molar-refractivity contribution in [1.82, 2.24) is 0 Å². The van der Waals surface area contributed by atoms with Crippen molar-refractivity contribution < 1.29 is 17.5 Å². The summed E-state index contributed by atoms with van der Waals surface area (Å²) in [6.45, 7) is 2.24. The van der Waals surface area contributed by atoms with Gasteiger partial charge in [0.2, 0.25) is 0 Å². The van der Waals surface area contributed by atoms with Crippen molar-refractivity contribution in [2.75, 3.05) is 12.4 Å². The van der Waals surface area contributed by atoms with Gasteiger partial charge in [0, 0.05) is 18.2 Å². The fourth-order valence-corrected chi connectivity index (χ4v) is 3.57. The number of hydrogen-bond acceptors (Lipinski definition) is 3. The van der Waals surface area contributed by atoms with Crippen LogP contribution in [0, 0.1) is 11.8 Å². The molecule has 1 fully saturated rings. The van der Waals surface area contributed by atoms with Gasteiger partial charge < -0.3 is 4.74 Å². The number of ether oxygens (including phenoxy) is 1. The average Bonchev–Trinajstić information content (AvgIpc) is 2.53. The van der Waals surface area contributed by atoms with Crippen LogP contribution in [-0.4, -0.2) is 20.8 Å². The first-order chi connectivity index (χ1) is 10.5. The molecule has 1 saturated carbocycles. The van der Waals surface area contributed by atoms with E-state index >= 15 is 0 Å². The largest absolute Gasteiger partial charge is 0.498 e. The zero-order chi connectivity index (χ0) is 16.0. The molecular formula is C17H25FO3S. The Kier molecular flexibility index (Phi) is 6.24. The molecule has 2 aliphatic carbocycles. The zero-order valence-corrected chi connectivity index (χ0v) is 13.9. The molecule has 0 amide bonds. The number of allylic oxidation sites excluding steroid dienone is 5. The van der Waals surface area contributed by atoms with E-state index in [1.807, 2.05) is 6.08 Å². The van der Waals surface area contributed by atoms with Gasteiger partial charge in [-0.3, -0.25) is 0 Å². The molecule has 1 unspecified atom stereocenters. The van der Waals surface area contributed by atoms with Crippen LogP contribution in [-0.2, 0) is 14.6 Å². The summed E-state index contributed by atoms with van der Waals surface area (Å²) in [5.41, 5.74) is 0. The van der Waals surface area contributed by atoms with Crippen LogP contribution in [0.15, 0.2) is 35.2 Å². The van der Waals surface area contributed by atoms with Crippen molar-refractivity contribution in [3.63, 3.8) is 0 Å². The quantitative estimate of drug-likeness (QED) is 0.730. The fraction of sp³-hybridized carbons (Fsp3) is 0.647. The van der Waals surface area contributed by atoms with Gasteiger partial charge >= 0.3 is 0 Å². The molecule has 0 bridgehead atoms. The highest BCUT2D eigenvalue weighted by atomic mass is 32.2. The number of halogens is 1. The lowest BCUT2D eigenvalue weighted by Crippen LogP contribution is -2.23. The summed E-state index contributed by atoms with van der Waals surface area (Å²) in [7, 11) is -3.07. The Bertz CT molecular complexity index is 560. The predicted octanol–water partition coefficient (Wildman–Crippen LogP) is 4.29. The van der Waals surface area contributed by atoms with Gasteiger partial charge in [-0.05, 0) is 36.8 Å². The Morgan fingerprint density at radius 3 is 2.73 bits per heavy atom. The van der Waals surface area contributed by atoms with Gasteiger partial charge in [-0.15, -0.1) is 0 Å². The van der Waals surface area contributed by atoms with E-state index in [9.17, 15) is 12.8 Å². The highest BCUT2D eigenvalue weighted by Crippen LogP contribution is 2.32. The van der Waals surface area contributed by atoms with Gasteiger partial charge in [0.05, 0.1) is 18.1 Å². The smallest absolute Gasteiger partial charge is 0.171 e. The van der Waals surface area contributed by atoms with Gasteiger partial charge in [0.25, 0.3) is 0 Å². The van der Waals surface area contributed by atoms with Gasteiger partial charge in [-0.1, -0.05) is 25.8 Å². The van der Waals surface area contributed by atoms with E-state index in [4.69, 9.17) is 4.74 Å². The lowest BCUT2D eigenvalue weighted by atomic mass is 9.80. The van der Waals surface area contributed by atoms with E-state index < -0.39 is 9.84 Å². The summed E-state index contributed by atoms with van der Waals surface area (Å²) in [6, 6.07) is 0. The van der Waals surface area contributed by atoms with Gasteiger partial charge in [-0.2, -0.15) is 0 Å². The van der Waals surface area contributed by atoms with Crippen LogP contribution in [0.2, 0.25) is 0 Å². The van der Waals surface area contributed by atoms with Crippen molar-refractivity contribution in [2.45, 2.75) is 45.4 Å². The third-order valence-corrected chi connectivity index (χ3v) is 5.82. The van der Waals surface area contributed by atoms with Crippen LogP contribution < -0.4 is 0 Å². The van der Waals surface area contributed by atoms with Crippen molar-refractivity contribution in [1.29, 1.82) is 0 Å². The molecule has 0 aromatic rings. The molecule has 2 rings (SSSR count). The number of sulfone groups is 1. The van der Waals surface area contributed by atoms with Crippen molar-refractivity contribution in [3.05, 3.63) is 35.2 Å². The molecule has 0 radical (unpaired) electrons. The Labute approximate surface area is 132 Å². The molecule has 0 N–H and O–H groups in total. The first-order valence-corrected chi connectivity index (χ1v) is 9.80. The van der Waals surface area contributed by atoms with Crippen LogP contribution in [0.3, 0.4) is 0 Å². The summed E-state index contributed by atoms with van der Waals surface area (Å²) in [5, 5.41) is 1.37. The molecule has 2 aliphatic rings. The third-order valence-electron chi connectivity index (χ3n) is 4.45. The zero-order valence-electron chi connectivity index (χ0n) is 13.1. The maximum absolute atomic E-state index is 13.0. The predicted molar refractivity (Wildman–Crippen MR) is 86.5 cm³/mol. The Morgan fingerprint density at radius 2 is 2.05 bits per heavy atom. The summed E-state index contributed by atoms with van der Waals surface area (Å²) in [4.78, 5) is 0. The fourth-order valence-electron chi connectivity index (χ4n) is 2.94. The van der Waals surface area contributed by atoms with E-state index in [-0.39, 0.29) is 17.5 Å². The van der Waals surface area contributed by atoms with Gasteiger partial charge in [-0.25, -0.2) is 12.8 Å². The van der Waals surface area contributed by atoms with E-state index in [2.05, 4.69) is 0 Å². The number of rotatable bonds is 6. The average molecular weight is 328 g/mol. The minimum Gasteiger partial charge on any atom is -0.498 e. The van der Waals surface area contributed by atoms with Gasteiger partial charge in [0.1, 0.15) is 5.83 Å². The summed E-state index contributed by atoms with van der Waals surface area (Å²) in [5.74, 6) is 1.47. The van der Waals surface area contributed by atoms with Crippen LogP contribution >= 0.6 is 0 Å². The van der Waals surface area contributed by atoms with E-state index in [1.165, 1.54) is 11.5 Å². The molecule has 2 atom stereocenters. The molecule has 0 aromatic carbocycles. The maximum atomic E-state index is 13.0. The minimum atomic E-state index is -3.07. The van der Waals surface area contributed by atoms with Crippen LogP contribution in [0.5, 0.6) is 0 Å². The Hall–Kier alpha value is -1.10. The molecule has 0 aliphatic heterocycles. The molecule has 0 spiro atoms. The highest BCUT2D eigenvalue weighted by molar-refractivity contribution is 7.94. The molecule has 22 heavy (non-hydrogen) atoms. The molecular weight excluding hydrogens is 303 g/mol. The minimum absolute atomic E-state index is 0.101. The maximum Gasteiger partial charge on any atom is 0.171 e. The van der Waals surface area contributed by atoms with Gasteiger partial charge in [0.15, 0.2) is 9.84 Å². The second kappa shape index (κ2) is 7.95. The van der Waals surface area contributed by atoms with E-state index in [0.717, 1.165) is 31.4 Å². The van der Waals surface area contributed by atoms with Crippen LogP contribution in [0.25, 0.3) is 0 Å². The topological polar surface area (TPSA) is 43.4 Å². The molecule has 5 heteroatoms. The second-order valence-electron chi connectivity index (χ2n) is 6.05. The molecule has 0 heterocycles. The van der Waals surface area contributed by atoms with Crippen LogP contribution in [0.1, 0.15) is 45.4 Å². The number of hydrogen-bond donors (Lipinski definition) is 0. The van der Waals surface area contributed by atoms with E-state index in [1.54, 1.807) is 13.0 Å². The third kappa shape index (κ3) is 5.27. The Morgan fingerprint density at radius 1 is 1.27 bits per heavy atom. The molecule has 0 saturated heterocycles. The molecule has 124 valence electrons. The second-order valence-corrected chi connectivity index (χ2v) is 8.22. The molecule has 3 nitrogen and oxygen atoms in total. The van der Waals surface area contributed by atoms with Crippen molar-refractivity contribution in [3.8, 4) is 0 Å². The van der Waals surface area contributed by atoms with Crippen LogP contribution in [0.4, 0.5) is 4.39 Å². The van der Waals surface area contributed by atoms with Crippen molar-refractivity contribution >= 4 is 9.84 Å². The monoisotopic (exact) mass is 328 g/mol. The molecule has 0 aromatic heterocycles. The Balaban J connectivity index is 1.92. The lowest BCUT2D eigenvalue weighted by molar-refractivity contribution is 0.113.